The Balaban J connectivity index is 2.17. The Morgan fingerprint density at radius 1 is 1.33 bits per heavy atom. The van der Waals surface area contributed by atoms with Gasteiger partial charge in [0.25, 0.3) is 0 Å². The van der Waals surface area contributed by atoms with E-state index in [0.717, 1.165) is 16.4 Å². The first-order valence-electron chi connectivity index (χ1n) is 4.83. The molecule has 0 atom stereocenters. The minimum Gasteiger partial charge on any atom is -0.445 e. The zero-order valence-corrected chi connectivity index (χ0v) is 10.6. The van der Waals surface area contributed by atoms with E-state index in [1.165, 1.54) is 0 Å². The van der Waals surface area contributed by atoms with Crippen LogP contribution in [0.4, 0.5) is 4.79 Å². The average Bonchev–Trinajstić information content (AvgIpc) is 2.28. The van der Waals surface area contributed by atoms with Crippen LogP contribution in [-0.4, -0.2) is 17.1 Å². The monoisotopic (exact) mass is 319 g/mol. The van der Waals surface area contributed by atoms with Crippen molar-refractivity contribution in [2.45, 2.75) is 13.0 Å². The van der Waals surface area contributed by atoms with Crippen molar-refractivity contribution in [3.63, 3.8) is 0 Å². The van der Waals surface area contributed by atoms with Gasteiger partial charge in [-0.15, -0.1) is 0 Å². The van der Waals surface area contributed by atoms with Gasteiger partial charge in [-0.25, -0.2) is 4.79 Å². The zero-order valence-electron chi connectivity index (χ0n) is 8.41. The summed E-state index contributed by atoms with van der Waals surface area (Å²) in [5.74, 6) is 0. The summed E-state index contributed by atoms with van der Waals surface area (Å²) in [7, 11) is 0. The quantitative estimate of drug-likeness (QED) is 0.515. The van der Waals surface area contributed by atoms with Crippen LogP contribution in [0.25, 0.3) is 0 Å². The molecule has 0 aliphatic rings. The van der Waals surface area contributed by atoms with E-state index in [-0.39, 0.29) is 6.09 Å². The van der Waals surface area contributed by atoms with Crippen LogP contribution in [0.1, 0.15) is 12.0 Å². The molecule has 3 nitrogen and oxygen atoms in total. The van der Waals surface area contributed by atoms with Crippen molar-refractivity contribution in [2.24, 2.45) is 0 Å². The maximum atomic E-state index is 11.2. The van der Waals surface area contributed by atoms with Gasteiger partial charge in [-0.2, -0.15) is 0 Å². The van der Waals surface area contributed by atoms with Crippen LogP contribution >= 0.6 is 22.6 Å². The molecule has 1 amide bonds. The Morgan fingerprint density at radius 2 is 2.07 bits per heavy atom. The molecule has 4 heteroatoms. The average molecular weight is 319 g/mol. The standard InChI is InChI=1S/C11H14INO2/c12-7-4-8-13-11(14)15-9-10-5-2-1-3-6-10/h1-3,5-6H,4,7-9H2,(H,13,14). The lowest BCUT2D eigenvalue weighted by atomic mass is 10.2. The van der Waals surface area contributed by atoms with Crippen LogP contribution < -0.4 is 5.32 Å². The Kier molecular flexibility index (Phi) is 6.15. The number of alkyl halides is 1. The zero-order chi connectivity index (χ0) is 10.9. The normalized spacial score (nSPS) is 9.67. The summed E-state index contributed by atoms with van der Waals surface area (Å²) in [6.07, 6.45) is 0.629. The number of carbonyl (C=O) groups is 1. The van der Waals surface area contributed by atoms with E-state index in [9.17, 15) is 4.79 Å². The van der Waals surface area contributed by atoms with Gasteiger partial charge in [-0.05, 0) is 12.0 Å². The van der Waals surface area contributed by atoms with Gasteiger partial charge in [0.1, 0.15) is 6.61 Å². The van der Waals surface area contributed by atoms with Gasteiger partial charge in [0.15, 0.2) is 0 Å². The van der Waals surface area contributed by atoms with Gasteiger partial charge >= 0.3 is 6.09 Å². The number of nitrogens with one attached hydrogen (secondary N) is 1. The van der Waals surface area contributed by atoms with E-state index in [4.69, 9.17) is 4.74 Å². The van der Waals surface area contributed by atoms with E-state index >= 15 is 0 Å². The van der Waals surface area contributed by atoms with Crippen molar-refractivity contribution >= 4 is 28.7 Å². The molecule has 0 unspecified atom stereocenters. The van der Waals surface area contributed by atoms with Gasteiger partial charge in [-0.3, -0.25) is 0 Å². The van der Waals surface area contributed by atoms with Crippen molar-refractivity contribution < 1.29 is 9.53 Å². The molecule has 1 rings (SSSR count). The summed E-state index contributed by atoms with van der Waals surface area (Å²) >= 11 is 2.27. The summed E-state index contributed by atoms with van der Waals surface area (Å²) < 4.78 is 6.06. The minimum atomic E-state index is -0.344. The smallest absolute Gasteiger partial charge is 0.407 e. The van der Waals surface area contributed by atoms with Crippen LogP contribution in [0.5, 0.6) is 0 Å². The van der Waals surface area contributed by atoms with Crippen LogP contribution in [0.2, 0.25) is 0 Å². The number of rotatable bonds is 5. The van der Waals surface area contributed by atoms with E-state index in [1.807, 2.05) is 30.3 Å². The Bertz CT molecular complexity index is 290. The predicted octanol–water partition coefficient (Wildman–Crippen LogP) is 2.74. The first-order valence-corrected chi connectivity index (χ1v) is 6.36. The molecule has 15 heavy (non-hydrogen) atoms. The predicted molar refractivity (Wildman–Crippen MR) is 68.1 cm³/mol. The Hall–Kier alpha value is -0.780. The van der Waals surface area contributed by atoms with Crippen molar-refractivity contribution in [3.05, 3.63) is 35.9 Å². The highest BCUT2D eigenvalue weighted by Crippen LogP contribution is 2.00. The molecule has 0 fully saturated rings. The number of hydrogen-bond donors (Lipinski definition) is 1. The molecule has 82 valence electrons. The molecule has 0 bridgehead atoms. The number of amides is 1. The van der Waals surface area contributed by atoms with Crippen LogP contribution in [-0.2, 0) is 11.3 Å². The first kappa shape index (κ1) is 12.3. The number of carbonyl (C=O) groups excluding carboxylic acids is 1. The van der Waals surface area contributed by atoms with E-state index in [2.05, 4.69) is 27.9 Å². The third-order valence-corrected chi connectivity index (χ3v) is 2.56. The van der Waals surface area contributed by atoms with Crippen molar-refractivity contribution in [1.29, 1.82) is 0 Å². The number of hydrogen-bond acceptors (Lipinski definition) is 2. The molecule has 0 aromatic heterocycles. The summed E-state index contributed by atoms with van der Waals surface area (Å²) in [5.41, 5.74) is 1.00. The van der Waals surface area contributed by atoms with Crippen LogP contribution in [0.3, 0.4) is 0 Å². The Morgan fingerprint density at radius 3 is 2.73 bits per heavy atom. The summed E-state index contributed by atoms with van der Waals surface area (Å²) in [4.78, 5) is 11.2. The van der Waals surface area contributed by atoms with Gasteiger partial charge in [0.2, 0.25) is 0 Å². The lowest BCUT2D eigenvalue weighted by molar-refractivity contribution is 0.139. The molecule has 0 aliphatic carbocycles. The number of alkyl carbamates (subject to hydrolysis) is 1. The second kappa shape index (κ2) is 7.50. The number of benzene rings is 1. The molecule has 0 aliphatic heterocycles. The van der Waals surface area contributed by atoms with Crippen LogP contribution in [0, 0.1) is 0 Å². The minimum absolute atomic E-state index is 0.330. The van der Waals surface area contributed by atoms with Crippen molar-refractivity contribution in [1.82, 2.24) is 5.32 Å². The highest BCUT2D eigenvalue weighted by Gasteiger charge is 2.00. The number of halogens is 1. The summed E-state index contributed by atoms with van der Waals surface area (Å²) in [6, 6.07) is 9.64. The highest BCUT2D eigenvalue weighted by molar-refractivity contribution is 14.1. The molecule has 0 radical (unpaired) electrons. The summed E-state index contributed by atoms with van der Waals surface area (Å²) in [6.45, 7) is 1.01. The van der Waals surface area contributed by atoms with Gasteiger partial charge in [-0.1, -0.05) is 52.9 Å². The van der Waals surface area contributed by atoms with E-state index in [0.29, 0.717) is 13.2 Å². The van der Waals surface area contributed by atoms with Crippen LogP contribution in [0.15, 0.2) is 30.3 Å². The maximum absolute atomic E-state index is 11.2. The fourth-order valence-corrected chi connectivity index (χ4v) is 1.41. The third kappa shape index (κ3) is 5.61. The Labute approximate surface area is 103 Å². The molecule has 0 heterocycles. The van der Waals surface area contributed by atoms with Crippen molar-refractivity contribution in [2.75, 3.05) is 11.0 Å². The fourth-order valence-electron chi connectivity index (χ4n) is 1.03. The molecule has 0 spiro atoms. The SMILES string of the molecule is O=C(NCCCI)OCc1ccccc1. The fraction of sp³-hybridized carbons (Fsp3) is 0.364. The molecule has 1 N–H and O–H groups in total. The van der Waals surface area contributed by atoms with Gasteiger partial charge in [0, 0.05) is 11.0 Å². The van der Waals surface area contributed by atoms with E-state index < -0.39 is 0 Å². The lowest BCUT2D eigenvalue weighted by Gasteiger charge is -2.05. The second-order valence-corrected chi connectivity index (χ2v) is 4.11. The molecule has 1 aromatic carbocycles. The van der Waals surface area contributed by atoms with E-state index in [1.54, 1.807) is 0 Å². The highest BCUT2D eigenvalue weighted by atomic mass is 127. The molecule has 0 saturated carbocycles. The summed E-state index contributed by atoms with van der Waals surface area (Å²) in [5, 5.41) is 2.69. The molecular formula is C11H14INO2. The molecule has 0 saturated heterocycles. The topological polar surface area (TPSA) is 38.3 Å². The largest absolute Gasteiger partial charge is 0.445 e. The first-order chi connectivity index (χ1) is 7.33. The molecular weight excluding hydrogens is 305 g/mol. The van der Waals surface area contributed by atoms with Gasteiger partial charge < -0.3 is 10.1 Å². The maximum Gasteiger partial charge on any atom is 0.407 e. The van der Waals surface area contributed by atoms with Crippen molar-refractivity contribution in [3.8, 4) is 0 Å². The van der Waals surface area contributed by atoms with Gasteiger partial charge in [0.05, 0.1) is 0 Å². The lowest BCUT2D eigenvalue weighted by Crippen LogP contribution is -2.25. The number of ether oxygens (including phenoxy) is 1. The second-order valence-electron chi connectivity index (χ2n) is 3.03. The third-order valence-electron chi connectivity index (χ3n) is 1.79. The molecule has 1 aromatic rings.